The minimum atomic E-state index is 0.431. The van der Waals surface area contributed by atoms with Gasteiger partial charge in [0.05, 0.1) is 36.4 Å². The van der Waals surface area contributed by atoms with Crippen molar-refractivity contribution in [1.29, 1.82) is 0 Å². The summed E-state index contributed by atoms with van der Waals surface area (Å²) in [4.78, 5) is 13.1. The maximum atomic E-state index is 6.00. The summed E-state index contributed by atoms with van der Waals surface area (Å²) >= 11 is 6.00. The molecule has 1 N–H and O–H groups in total. The number of aryl methyl sites for hydroxylation is 1. The molecule has 4 aromatic heterocycles. The number of benzene rings is 1. The number of fused-ring (bicyclic) bond motifs is 1. The Balaban J connectivity index is 1.33. The predicted molar refractivity (Wildman–Crippen MR) is 136 cm³/mol. The zero-order valence-corrected chi connectivity index (χ0v) is 19.8. The number of hydrogen-bond donors (Lipinski definition) is 1. The Bertz CT molecular complexity index is 1480. The second kappa shape index (κ2) is 9.90. The van der Waals surface area contributed by atoms with Gasteiger partial charge in [-0.05, 0) is 36.2 Å². The van der Waals surface area contributed by atoms with Crippen molar-refractivity contribution < 1.29 is 9.47 Å². The molecule has 0 bridgehead atoms. The summed E-state index contributed by atoms with van der Waals surface area (Å²) in [6.45, 7) is 2.08. The molecular weight excluding hydrogens is 464 g/mol. The van der Waals surface area contributed by atoms with Crippen LogP contribution in [0, 0.1) is 0 Å². The third-order valence-electron chi connectivity index (χ3n) is 5.36. The van der Waals surface area contributed by atoms with Crippen molar-refractivity contribution in [3.05, 3.63) is 83.8 Å². The minimum absolute atomic E-state index is 0.431. The molecule has 35 heavy (non-hydrogen) atoms. The Morgan fingerprint density at radius 2 is 1.77 bits per heavy atom. The number of methoxy groups -OCH3 is 1. The van der Waals surface area contributed by atoms with Gasteiger partial charge in [-0.25, -0.2) is 9.97 Å². The number of aromatic nitrogens is 5. The van der Waals surface area contributed by atoms with Gasteiger partial charge in [-0.3, -0.25) is 4.98 Å². The van der Waals surface area contributed by atoms with Gasteiger partial charge in [-0.15, -0.1) is 10.2 Å². The molecule has 0 amide bonds. The number of rotatable bonds is 7. The molecule has 5 aromatic rings. The molecule has 0 aliphatic rings. The molecule has 0 unspecified atom stereocenters. The van der Waals surface area contributed by atoms with Crippen LogP contribution in [0.4, 0.5) is 11.5 Å². The monoisotopic (exact) mass is 484 g/mol. The largest absolute Gasteiger partial charge is 0.495 e. The summed E-state index contributed by atoms with van der Waals surface area (Å²) in [5.74, 6) is 2.30. The van der Waals surface area contributed by atoms with E-state index in [4.69, 9.17) is 21.1 Å². The number of nitrogens with zero attached hydrogens (tertiary/aromatic N) is 5. The molecule has 8 nitrogen and oxygen atoms in total. The molecule has 0 saturated heterocycles. The lowest BCUT2D eigenvalue weighted by molar-refractivity contribution is 0.413. The lowest BCUT2D eigenvalue weighted by atomic mass is 10.1. The molecule has 174 valence electrons. The first kappa shape index (κ1) is 22.5. The van der Waals surface area contributed by atoms with Gasteiger partial charge in [0.2, 0.25) is 5.88 Å². The maximum absolute atomic E-state index is 6.00. The van der Waals surface area contributed by atoms with E-state index in [1.165, 1.54) is 0 Å². The number of pyridine rings is 3. The lowest BCUT2D eigenvalue weighted by Gasteiger charge is -2.12. The summed E-state index contributed by atoms with van der Waals surface area (Å²) in [7, 11) is 1.59. The first-order chi connectivity index (χ1) is 17.1. The van der Waals surface area contributed by atoms with Crippen LogP contribution in [0.2, 0.25) is 5.02 Å². The van der Waals surface area contributed by atoms with Crippen molar-refractivity contribution in [3.8, 4) is 28.6 Å². The highest BCUT2D eigenvalue weighted by atomic mass is 35.5. The van der Waals surface area contributed by atoms with Crippen molar-refractivity contribution in [3.63, 3.8) is 0 Å². The molecule has 0 aliphatic carbocycles. The Labute approximate surface area is 207 Å². The van der Waals surface area contributed by atoms with Crippen LogP contribution in [0.15, 0.2) is 73.2 Å². The average molecular weight is 485 g/mol. The van der Waals surface area contributed by atoms with Crippen molar-refractivity contribution in [2.75, 3.05) is 12.4 Å². The van der Waals surface area contributed by atoms with Gasteiger partial charge in [0.15, 0.2) is 11.6 Å². The number of anilines is 2. The summed E-state index contributed by atoms with van der Waals surface area (Å²) in [6, 6.07) is 16.8. The average Bonchev–Trinajstić information content (AvgIpc) is 2.90. The van der Waals surface area contributed by atoms with E-state index < -0.39 is 0 Å². The number of halogens is 1. The molecule has 5 rings (SSSR count). The van der Waals surface area contributed by atoms with Gasteiger partial charge >= 0.3 is 0 Å². The van der Waals surface area contributed by atoms with E-state index in [-0.39, 0.29) is 0 Å². The number of nitrogens with one attached hydrogen (secondary N) is 1. The van der Waals surface area contributed by atoms with Crippen LogP contribution in [-0.4, -0.2) is 32.3 Å². The topological polar surface area (TPSA) is 94.9 Å². The van der Waals surface area contributed by atoms with Crippen LogP contribution in [0.1, 0.15) is 12.5 Å². The van der Waals surface area contributed by atoms with E-state index >= 15 is 0 Å². The molecule has 0 radical (unpaired) electrons. The zero-order chi connectivity index (χ0) is 24.2. The van der Waals surface area contributed by atoms with E-state index in [1.807, 2.05) is 36.4 Å². The molecule has 0 fully saturated rings. The second-order valence-corrected chi connectivity index (χ2v) is 8.06. The summed E-state index contributed by atoms with van der Waals surface area (Å²) in [6.07, 6.45) is 5.76. The second-order valence-electron chi connectivity index (χ2n) is 7.63. The molecule has 4 heterocycles. The van der Waals surface area contributed by atoms with Crippen LogP contribution in [0.3, 0.4) is 0 Å². The van der Waals surface area contributed by atoms with Gasteiger partial charge in [0, 0.05) is 35.0 Å². The number of ether oxygens (including phenoxy) is 2. The van der Waals surface area contributed by atoms with E-state index in [0.29, 0.717) is 39.3 Å². The van der Waals surface area contributed by atoms with Crippen LogP contribution >= 0.6 is 11.6 Å². The van der Waals surface area contributed by atoms with Gasteiger partial charge in [-0.2, -0.15) is 0 Å². The third-order valence-corrected chi connectivity index (χ3v) is 5.61. The normalized spacial score (nSPS) is 10.8. The molecule has 9 heteroatoms. The smallest absolute Gasteiger partial charge is 0.219 e. The van der Waals surface area contributed by atoms with E-state index in [1.54, 1.807) is 43.9 Å². The fourth-order valence-electron chi connectivity index (χ4n) is 3.51. The first-order valence-electron chi connectivity index (χ1n) is 10.9. The van der Waals surface area contributed by atoms with Gasteiger partial charge in [0.25, 0.3) is 0 Å². The Hall–Kier alpha value is -4.30. The van der Waals surface area contributed by atoms with Crippen molar-refractivity contribution in [2.45, 2.75) is 13.3 Å². The van der Waals surface area contributed by atoms with Crippen LogP contribution in [-0.2, 0) is 6.42 Å². The molecule has 0 aliphatic heterocycles. The minimum Gasteiger partial charge on any atom is -0.495 e. The van der Waals surface area contributed by atoms with Crippen LogP contribution in [0.5, 0.6) is 17.4 Å². The molecule has 0 saturated carbocycles. The van der Waals surface area contributed by atoms with Crippen molar-refractivity contribution in [1.82, 2.24) is 25.1 Å². The van der Waals surface area contributed by atoms with E-state index in [0.717, 1.165) is 28.9 Å². The molecule has 0 atom stereocenters. The van der Waals surface area contributed by atoms with Crippen LogP contribution < -0.4 is 14.8 Å². The highest BCUT2D eigenvalue weighted by Gasteiger charge is 2.11. The van der Waals surface area contributed by atoms with Gasteiger partial charge < -0.3 is 14.8 Å². The quantitative estimate of drug-likeness (QED) is 0.290. The lowest BCUT2D eigenvalue weighted by Crippen LogP contribution is -2.02. The van der Waals surface area contributed by atoms with Crippen molar-refractivity contribution >= 4 is 34.1 Å². The number of hydrogen-bond acceptors (Lipinski definition) is 8. The summed E-state index contributed by atoms with van der Waals surface area (Å²) in [5.41, 5.74) is 4.86. The fourth-order valence-corrected chi connectivity index (χ4v) is 3.64. The Morgan fingerprint density at radius 1 is 0.914 bits per heavy atom. The highest BCUT2D eigenvalue weighted by molar-refractivity contribution is 6.30. The van der Waals surface area contributed by atoms with E-state index in [9.17, 15) is 0 Å². The predicted octanol–water partition coefficient (Wildman–Crippen LogP) is 6.24. The van der Waals surface area contributed by atoms with Gasteiger partial charge in [0.1, 0.15) is 11.3 Å². The first-order valence-corrected chi connectivity index (χ1v) is 11.3. The molecule has 1 aromatic carbocycles. The SMILES string of the molecule is CCc1cc(-c2ccc(Cl)cc2)nnc1Nc1ccc(Oc2ccnc3cc(OC)cnc23)nc1. The third kappa shape index (κ3) is 4.97. The van der Waals surface area contributed by atoms with Crippen LogP contribution in [0.25, 0.3) is 22.3 Å². The maximum Gasteiger partial charge on any atom is 0.219 e. The zero-order valence-electron chi connectivity index (χ0n) is 19.1. The Kier molecular flexibility index (Phi) is 6.36. The molecule has 0 spiro atoms. The van der Waals surface area contributed by atoms with Gasteiger partial charge in [-0.1, -0.05) is 30.7 Å². The van der Waals surface area contributed by atoms with Crippen molar-refractivity contribution in [2.24, 2.45) is 0 Å². The standard InChI is InChI=1S/C26H21ClN6O2/c1-3-16-12-21(17-4-6-18(27)7-5-17)32-33-26(16)31-19-8-9-24(29-14-19)35-23-10-11-28-22-13-20(34-2)15-30-25(22)23/h4-15H,3H2,1-2H3,(H,31,33). The molecular formula is C26H21ClN6O2. The fraction of sp³-hybridized carbons (Fsp3) is 0.115. The summed E-state index contributed by atoms with van der Waals surface area (Å²) in [5, 5.41) is 12.8. The Morgan fingerprint density at radius 3 is 2.51 bits per heavy atom. The summed E-state index contributed by atoms with van der Waals surface area (Å²) < 4.78 is 11.2. The highest BCUT2D eigenvalue weighted by Crippen LogP contribution is 2.29. The van der Waals surface area contributed by atoms with E-state index in [2.05, 4.69) is 37.4 Å².